The van der Waals surface area contributed by atoms with Gasteiger partial charge in [-0.3, -0.25) is 0 Å². The van der Waals surface area contributed by atoms with Gasteiger partial charge in [-0.05, 0) is 60.8 Å². The third-order valence-corrected chi connectivity index (χ3v) is 3.79. The zero-order valence-electron chi connectivity index (χ0n) is 11.1. The summed E-state index contributed by atoms with van der Waals surface area (Å²) < 4.78 is 19.3. The monoisotopic (exact) mass is 359 g/mol. The van der Waals surface area contributed by atoms with Gasteiger partial charge in [0.15, 0.2) is 5.22 Å². The zero-order valence-corrected chi connectivity index (χ0v) is 13.5. The van der Waals surface area contributed by atoms with Crippen LogP contribution in [0.5, 0.6) is 0 Å². The second kappa shape index (κ2) is 7.25. The van der Waals surface area contributed by atoms with E-state index in [1.807, 2.05) is 12.1 Å². The molecule has 0 aliphatic rings. The first kappa shape index (κ1) is 15.5. The van der Waals surface area contributed by atoms with Gasteiger partial charge in [0, 0.05) is 16.1 Å². The van der Waals surface area contributed by atoms with Crippen molar-refractivity contribution in [3.05, 3.63) is 57.2 Å². The van der Waals surface area contributed by atoms with Crippen molar-refractivity contribution in [1.82, 2.24) is 5.32 Å². The van der Waals surface area contributed by atoms with Gasteiger partial charge in [0.25, 0.3) is 0 Å². The van der Waals surface area contributed by atoms with Gasteiger partial charge in [-0.25, -0.2) is 4.39 Å². The predicted octanol–water partition coefficient (Wildman–Crippen LogP) is 5.12. The number of hydrogen-bond acceptors (Lipinski definition) is 2. The maximum atomic E-state index is 13.5. The van der Waals surface area contributed by atoms with E-state index in [2.05, 4.69) is 28.2 Å². The van der Waals surface area contributed by atoms with Crippen LogP contribution in [0.15, 0.2) is 39.4 Å². The number of halogens is 3. The lowest BCUT2D eigenvalue weighted by molar-refractivity contribution is 0.512. The van der Waals surface area contributed by atoms with Crippen molar-refractivity contribution >= 4 is 27.5 Å². The molecule has 0 radical (unpaired) electrons. The lowest BCUT2D eigenvalue weighted by atomic mass is 10.0. The van der Waals surface area contributed by atoms with Crippen molar-refractivity contribution in [2.24, 2.45) is 0 Å². The standard InChI is InChI=1S/C15H16BrClFNO/c1-2-4-19-14(13-3-5-20-15(13)17)8-10-6-11(16)9-12(18)7-10/h3,5-7,9,14,19H,2,4,8H2,1H3. The van der Waals surface area contributed by atoms with E-state index in [4.69, 9.17) is 16.0 Å². The molecule has 0 spiro atoms. The Hall–Kier alpha value is -0.840. The molecule has 1 unspecified atom stereocenters. The molecule has 1 heterocycles. The summed E-state index contributed by atoms with van der Waals surface area (Å²) in [5.74, 6) is -0.248. The molecule has 5 heteroatoms. The molecule has 0 bridgehead atoms. The van der Waals surface area contributed by atoms with E-state index >= 15 is 0 Å². The number of benzene rings is 1. The molecular weight excluding hydrogens is 345 g/mol. The van der Waals surface area contributed by atoms with Gasteiger partial charge in [-0.2, -0.15) is 0 Å². The molecule has 2 nitrogen and oxygen atoms in total. The van der Waals surface area contributed by atoms with E-state index < -0.39 is 0 Å². The van der Waals surface area contributed by atoms with Gasteiger partial charge in [0.2, 0.25) is 0 Å². The SMILES string of the molecule is CCCNC(Cc1cc(F)cc(Br)c1)c1ccoc1Cl. The molecule has 1 aromatic carbocycles. The Bertz CT molecular complexity index is 553. The average Bonchev–Trinajstić information content (AvgIpc) is 2.79. The summed E-state index contributed by atoms with van der Waals surface area (Å²) in [6.07, 6.45) is 3.23. The van der Waals surface area contributed by atoms with E-state index in [0.717, 1.165) is 28.6 Å². The number of hydrogen-bond donors (Lipinski definition) is 1. The van der Waals surface area contributed by atoms with Crippen molar-refractivity contribution in [2.45, 2.75) is 25.8 Å². The number of rotatable bonds is 6. The summed E-state index contributed by atoms with van der Waals surface area (Å²) in [5, 5.41) is 3.80. The van der Waals surface area contributed by atoms with Crippen LogP contribution in [0.4, 0.5) is 4.39 Å². The van der Waals surface area contributed by atoms with Crippen LogP contribution in [-0.2, 0) is 6.42 Å². The molecule has 1 aromatic heterocycles. The first-order valence-electron chi connectivity index (χ1n) is 6.51. The van der Waals surface area contributed by atoms with Crippen LogP contribution in [0, 0.1) is 5.82 Å². The summed E-state index contributed by atoms with van der Waals surface area (Å²) in [4.78, 5) is 0. The minimum atomic E-state index is -0.248. The molecule has 0 saturated carbocycles. The molecule has 2 rings (SSSR count). The first-order valence-corrected chi connectivity index (χ1v) is 7.68. The highest BCUT2D eigenvalue weighted by Crippen LogP contribution is 2.28. The molecule has 0 amide bonds. The normalized spacial score (nSPS) is 12.6. The maximum Gasteiger partial charge on any atom is 0.197 e. The highest BCUT2D eigenvalue weighted by Gasteiger charge is 2.17. The second-order valence-corrected chi connectivity index (χ2v) is 5.90. The molecule has 0 saturated heterocycles. The maximum absolute atomic E-state index is 13.5. The highest BCUT2D eigenvalue weighted by molar-refractivity contribution is 9.10. The molecule has 0 aliphatic heterocycles. The van der Waals surface area contributed by atoms with Crippen LogP contribution in [0.1, 0.15) is 30.5 Å². The fraction of sp³-hybridized carbons (Fsp3) is 0.333. The van der Waals surface area contributed by atoms with E-state index in [1.165, 1.54) is 6.07 Å². The smallest absolute Gasteiger partial charge is 0.197 e. The summed E-state index contributed by atoms with van der Waals surface area (Å²) >= 11 is 9.37. The Morgan fingerprint density at radius 2 is 2.20 bits per heavy atom. The minimum absolute atomic E-state index is 0.00917. The van der Waals surface area contributed by atoms with E-state index in [1.54, 1.807) is 12.3 Å². The fourth-order valence-electron chi connectivity index (χ4n) is 2.13. The van der Waals surface area contributed by atoms with Crippen LogP contribution in [0.3, 0.4) is 0 Å². The molecule has 2 aromatic rings. The van der Waals surface area contributed by atoms with Gasteiger partial charge < -0.3 is 9.73 Å². The summed E-state index contributed by atoms with van der Waals surface area (Å²) in [6.45, 7) is 2.96. The van der Waals surface area contributed by atoms with Gasteiger partial charge in [0.1, 0.15) is 5.82 Å². The van der Waals surface area contributed by atoms with Crippen molar-refractivity contribution in [3.8, 4) is 0 Å². The van der Waals surface area contributed by atoms with Crippen molar-refractivity contribution in [2.75, 3.05) is 6.54 Å². The van der Waals surface area contributed by atoms with Crippen molar-refractivity contribution in [1.29, 1.82) is 0 Å². The van der Waals surface area contributed by atoms with Gasteiger partial charge in [-0.1, -0.05) is 22.9 Å². The molecule has 1 atom stereocenters. The minimum Gasteiger partial charge on any atom is -0.453 e. The Morgan fingerprint density at radius 3 is 2.80 bits per heavy atom. The zero-order chi connectivity index (χ0) is 14.5. The number of furan rings is 1. The van der Waals surface area contributed by atoms with E-state index in [0.29, 0.717) is 11.6 Å². The molecular formula is C15H16BrClFNO. The van der Waals surface area contributed by atoms with Gasteiger partial charge in [0.05, 0.1) is 6.26 Å². The third-order valence-electron chi connectivity index (χ3n) is 3.02. The average molecular weight is 361 g/mol. The second-order valence-electron chi connectivity index (χ2n) is 4.64. The number of nitrogens with one attached hydrogen (secondary N) is 1. The third kappa shape index (κ3) is 4.08. The van der Waals surface area contributed by atoms with Crippen molar-refractivity contribution in [3.63, 3.8) is 0 Å². The lowest BCUT2D eigenvalue weighted by Crippen LogP contribution is -2.24. The summed E-state index contributed by atoms with van der Waals surface area (Å²) in [5.41, 5.74) is 1.81. The van der Waals surface area contributed by atoms with Crippen LogP contribution in [-0.4, -0.2) is 6.54 Å². The van der Waals surface area contributed by atoms with Crippen LogP contribution >= 0.6 is 27.5 Å². The molecule has 20 heavy (non-hydrogen) atoms. The Kier molecular flexibility index (Phi) is 5.64. The highest BCUT2D eigenvalue weighted by atomic mass is 79.9. The summed E-state index contributed by atoms with van der Waals surface area (Å²) in [7, 11) is 0. The quantitative estimate of drug-likeness (QED) is 0.773. The van der Waals surface area contributed by atoms with Crippen LogP contribution < -0.4 is 5.32 Å². The van der Waals surface area contributed by atoms with E-state index in [-0.39, 0.29) is 11.9 Å². The molecule has 1 N–H and O–H groups in total. The molecule has 0 aliphatic carbocycles. The fourth-order valence-corrected chi connectivity index (χ4v) is 2.89. The largest absolute Gasteiger partial charge is 0.453 e. The first-order chi connectivity index (χ1) is 9.60. The van der Waals surface area contributed by atoms with Crippen LogP contribution in [0.25, 0.3) is 0 Å². The van der Waals surface area contributed by atoms with Crippen LogP contribution in [0.2, 0.25) is 5.22 Å². The lowest BCUT2D eigenvalue weighted by Gasteiger charge is -2.18. The van der Waals surface area contributed by atoms with Crippen molar-refractivity contribution < 1.29 is 8.81 Å². The Balaban J connectivity index is 2.21. The van der Waals surface area contributed by atoms with E-state index in [9.17, 15) is 4.39 Å². The predicted molar refractivity (Wildman–Crippen MR) is 82.6 cm³/mol. The Morgan fingerprint density at radius 1 is 1.40 bits per heavy atom. The summed E-state index contributed by atoms with van der Waals surface area (Å²) in [6, 6.07) is 6.76. The molecule has 108 valence electrons. The topological polar surface area (TPSA) is 25.2 Å². The Labute approximate surface area is 131 Å². The van der Waals surface area contributed by atoms with Gasteiger partial charge >= 0.3 is 0 Å². The van der Waals surface area contributed by atoms with Gasteiger partial charge in [-0.15, -0.1) is 0 Å². The molecule has 0 fully saturated rings.